The lowest BCUT2D eigenvalue weighted by Crippen LogP contribution is -2.41. The smallest absolute Gasteiger partial charge is 0.192 e. The van der Waals surface area contributed by atoms with Gasteiger partial charge in [-0.25, -0.2) is 0 Å². The number of hydrogen-bond donors (Lipinski definition) is 0. The molecule has 0 saturated heterocycles. The molecule has 0 amide bonds. The van der Waals surface area contributed by atoms with E-state index in [-0.39, 0.29) is 5.04 Å². The van der Waals surface area contributed by atoms with Crippen molar-refractivity contribution in [1.82, 2.24) is 0 Å². The molecule has 0 radical (unpaired) electrons. The second kappa shape index (κ2) is 6.73. The summed E-state index contributed by atoms with van der Waals surface area (Å²) in [4.78, 5) is 12.0. The van der Waals surface area contributed by atoms with Crippen molar-refractivity contribution in [2.75, 3.05) is 12.4 Å². The van der Waals surface area contributed by atoms with E-state index in [4.69, 9.17) is 4.43 Å². The van der Waals surface area contributed by atoms with Gasteiger partial charge in [0.15, 0.2) is 14.6 Å². The molecule has 0 heterocycles. The molecule has 0 spiro atoms. The van der Waals surface area contributed by atoms with Gasteiger partial charge in [0.2, 0.25) is 0 Å². The number of carbonyl (C=O) groups excluding carboxylic acids is 1. The molecule has 0 aliphatic heterocycles. The average Bonchev–Trinajstić information content (AvgIpc) is 2.33. The zero-order chi connectivity index (χ0) is 14.5. The van der Waals surface area contributed by atoms with Crippen molar-refractivity contribution in [3.8, 4) is 0 Å². The molecule has 2 nitrogen and oxygen atoms in total. The van der Waals surface area contributed by atoms with Gasteiger partial charge in [0.05, 0.1) is 0 Å². The molecule has 0 aliphatic carbocycles. The lowest BCUT2D eigenvalue weighted by Gasteiger charge is -2.36. The van der Waals surface area contributed by atoms with Crippen LogP contribution in [0.25, 0.3) is 0 Å². The summed E-state index contributed by atoms with van der Waals surface area (Å²) < 4.78 is 6.12. The van der Waals surface area contributed by atoms with E-state index in [0.29, 0.717) is 0 Å². The van der Waals surface area contributed by atoms with Crippen LogP contribution in [0.4, 0.5) is 0 Å². The minimum absolute atomic E-state index is 0.248. The highest BCUT2D eigenvalue weighted by molar-refractivity contribution is 7.99. The first-order valence-corrected chi connectivity index (χ1v) is 10.5. The molecule has 1 rings (SSSR count). The molecule has 106 valence electrons. The van der Waals surface area contributed by atoms with E-state index in [0.717, 1.165) is 29.1 Å². The van der Waals surface area contributed by atoms with Gasteiger partial charge < -0.3 is 4.43 Å². The molecule has 0 unspecified atom stereocenters. The van der Waals surface area contributed by atoms with Crippen LogP contribution in [-0.2, 0) is 4.43 Å². The number of benzene rings is 1. The maximum atomic E-state index is 10.9. The van der Waals surface area contributed by atoms with Crippen LogP contribution in [-0.4, -0.2) is 27.0 Å². The second-order valence-electron chi connectivity index (χ2n) is 6.11. The zero-order valence-electron chi connectivity index (χ0n) is 12.5. The Morgan fingerprint density at radius 3 is 2.47 bits per heavy atom. The second-order valence-corrected chi connectivity index (χ2v) is 12.1. The van der Waals surface area contributed by atoms with Crippen molar-refractivity contribution in [2.24, 2.45) is 0 Å². The van der Waals surface area contributed by atoms with Crippen molar-refractivity contribution in [2.45, 2.75) is 43.8 Å². The molecule has 0 atom stereocenters. The topological polar surface area (TPSA) is 26.3 Å². The van der Waals surface area contributed by atoms with Crippen LogP contribution in [0.3, 0.4) is 0 Å². The first-order chi connectivity index (χ1) is 8.78. The Morgan fingerprint density at radius 2 is 1.89 bits per heavy atom. The van der Waals surface area contributed by atoms with E-state index < -0.39 is 8.32 Å². The van der Waals surface area contributed by atoms with Crippen LogP contribution >= 0.6 is 11.8 Å². The number of aldehydes is 1. The van der Waals surface area contributed by atoms with E-state index in [1.54, 1.807) is 11.8 Å². The minimum atomic E-state index is -1.65. The molecular weight excluding hydrogens is 272 g/mol. The van der Waals surface area contributed by atoms with Gasteiger partial charge >= 0.3 is 0 Å². The van der Waals surface area contributed by atoms with Gasteiger partial charge in [-0.2, -0.15) is 0 Å². The Bertz CT molecular complexity index is 424. The maximum absolute atomic E-state index is 10.9. The highest BCUT2D eigenvalue weighted by Crippen LogP contribution is 2.36. The number of hydrogen-bond acceptors (Lipinski definition) is 3. The van der Waals surface area contributed by atoms with Crippen molar-refractivity contribution >= 4 is 26.4 Å². The normalized spacial score (nSPS) is 12.5. The van der Waals surface area contributed by atoms with Crippen LogP contribution < -0.4 is 0 Å². The molecule has 0 aromatic heterocycles. The van der Waals surface area contributed by atoms with Gasteiger partial charge in [0.25, 0.3) is 0 Å². The van der Waals surface area contributed by atoms with Crippen LogP contribution in [0, 0.1) is 0 Å². The van der Waals surface area contributed by atoms with Crippen molar-refractivity contribution in [3.63, 3.8) is 0 Å². The molecule has 0 aliphatic rings. The van der Waals surface area contributed by atoms with Crippen molar-refractivity contribution in [3.05, 3.63) is 29.8 Å². The molecule has 4 heteroatoms. The van der Waals surface area contributed by atoms with E-state index in [1.807, 2.05) is 24.3 Å². The summed E-state index contributed by atoms with van der Waals surface area (Å²) in [6.07, 6.45) is 0.914. The SMILES string of the molecule is CC(C)(C)[Si](C)(C)OCCSc1ccccc1C=O. The fourth-order valence-electron chi connectivity index (χ4n) is 1.37. The molecule has 0 bridgehead atoms. The van der Waals surface area contributed by atoms with Gasteiger partial charge in [-0.05, 0) is 24.2 Å². The Kier molecular flexibility index (Phi) is 5.83. The predicted molar refractivity (Wildman–Crippen MR) is 85.7 cm³/mol. The van der Waals surface area contributed by atoms with E-state index >= 15 is 0 Å². The maximum Gasteiger partial charge on any atom is 0.192 e. The first-order valence-electron chi connectivity index (χ1n) is 6.59. The third-order valence-electron chi connectivity index (χ3n) is 3.66. The molecule has 0 fully saturated rings. The summed E-state index contributed by atoms with van der Waals surface area (Å²) in [6, 6.07) is 7.69. The summed E-state index contributed by atoms with van der Waals surface area (Å²) >= 11 is 1.69. The van der Waals surface area contributed by atoms with Gasteiger partial charge in [0, 0.05) is 22.8 Å². The largest absolute Gasteiger partial charge is 0.416 e. The lowest BCUT2D eigenvalue weighted by molar-refractivity contribution is 0.112. The van der Waals surface area contributed by atoms with Gasteiger partial charge in [0.1, 0.15) is 0 Å². The van der Waals surface area contributed by atoms with Crippen molar-refractivity contribution < 1.29 is 9.22 Å². The summed E-state index contributed by atoms with van der Waals surface area (Å²) in [7, 11) is -1.65. The molecular formula is C15H24O2SSi. The fraction of sp³-hybridized carbons (Fsp3) is 0.533. The Morgan fingerprint density at radius 1 is 1.26 bits per heavy atom. The zero-order valence-corrected chi connectivity index (χ0v) is 14.3. The summed E-state index contributed by atoms with van der Waals surface area (Å²) in [6.45, 7) is 12.0. The minimum Gasteiger partial charge on any atom is -0.416 e. The Hall–Kier alpha value is -0.583. The van der Waals surface area contributed by atoms with Crippen molar-refractivity contribution in [1.29, 1.82) is 0 Å². The number of thioether (sulfide) groups is 1. The average molecular weight is 297 g/mol. The lowest BCUT2D eigenvalue weighted by atomic mass is 10.2. The van der Waals surface area contributed by atoms with Gasteiger partial charge in [-0.1, -0.05) is 39.0 Å². The molecule has 1 aromatic rings. The van der Waals surface area contributed by atoms with Crippen LogP contribution in [0.5, 0.6) is 0 Å². The first kappa shape index (κ1) is 16.5. The fourth-order valence-corrected chi connectivity index (χ4v) is 3.41. The number of carbonyl (C=O) groups is 1. The summed E-state index contributed by atoms with van der Waals surface area (Å²) in [5.74, 6) is 0.886. The molecule has 0 N–H and O–H groups in total. The van der Waals surface area contributed by atoms with Gasteiger partial charge in [-0.3, -0.25) is 4.79 Å². The third-order valence-corrected chi connectivity index (χ3v) is 9.25. The standard InChI is InChI=1S/C15H24O2SSi/c1-15(2,3)19(4,5)17-10-11-18-14-9-7-6-8-13(14)12-16/h6-9,12H,10-11H2,1-5H3. The van der Waals surface area contributed by atoms with Gasteiger partial charge in [-0.15, -0.1) is 11.8 Å². The Labute approximate surface area is 122 Å². The quantitative estimate of drug-likeness (QED) is 0.332. The number of rotatable bonds is 6. The molecule has 0 saturated carbocycles. The highest BCUT2D eigenvalue weighted by Gasteiger charge is 2.36. The van der Waals surface area contributed by atoms with Crippen LogP contribution in [0.1, 0.15) is 31.1 Å². The highest BCUT2D eigenvalue weighted by atomic mass is 32.2. The van der Waals surface area contributed by atoms with E-state index in [2.05, 4.69) is 33.9 Å². The summed E-state index contributed by atoms with van der Waals surface area (Å²) in [5.41, 5.74) is 0.764. The van der Waals surface area contributed by atoms with E-state index in [1.165, 1.54) is 0 Å². The predicted octanol–water partition coefficient (Wildman–Crippen LogP) is 4.61. The molecule has 19 heavy (non-hydrogen) atoms. The third kappa shape index (κ3) is 4.78. The van der Waals surface area contributed by atoms with E-state index in [9.17, 15) is 4.79 Å². The van der Waals surface area contributed by atoms with Crippen LogP contribution in [0.2, 0.25) is 18.1 Å². The monoisotopic (exact) mass is 296 g/mol. The molecule has 1 aromatic carbocycles. The summed E-state index contributed by atoms with van der Waals surface area (Å²) in [5, 5.41) is 0.248. The van der Waals surface area contributed by atoms with Crippen LogP contribution in [0.15, 0.2) is 29.2 Å². The Balaban J connectivity index is 2.45.